The molecule has 15 nitrogen and oxygen atoms in total. The lowest BCUT2D eigenvalue weighted by Gasteiger charge is -2.49. The second-order valence-corrected chi connectivity index (χ2v) is 26.7. The number of anilines is 2. The topological polar surface area (TPSA) is 196 Å². The first-order chi connectivity index (χ1) is 43.0. The number of hydrogen-bond donors (Lipinski definition) is 1. The van der Waals surface area contributed by atoms with Crippen molar-refractivity contribution in [3.63, 3.8) is 0 Å². The van der Waals surface area contributed by atoms with E-state index in [2.05, 4.69) is 0 Å². The lowest BCUT2D eigenvalue weighted by molar-refractivity contribution is -0.142. The Bertz CT molecular complexity index is 4040. The quantitative estimate of drug-likeness (QED) is 0.0266. The predicted octanol–water partition coefficient (Wildman–Crippen LogP) is 14.1. The van der Waals surface area contributed by atoms with Crippen LogP contribution >= 0.6 is 0 Å². The maximum absolute atomic E-state index is 15.7. The fourth-order valence-corrected chi connectivity index (χ4v) is 12.0. The van der Waals surface area contributed by atoms with Gasteiger partial charge in [-0.25, -0.2) is 14.6 Å². The molecule has 21 heteroatoms. The van der Waals surface area contributed by atoms with Gasteiger partial charge in [-0.1, -0.05) is 83.1 Å². The summed E-state index contributed by atoms with van der Waals surface area (Å²) >= 11 is 0. The lowest BCUT2D eigenvalue weighted by atomic mass is 9.65. The summed E-state index contributed by atoms with van der Waals surface area (Å²) in [7, 11) is 2.85. The van der Waals surface area contributed by atoms with Crippen LogP contribution in [0.2, 0.25) is 0 Å². The van der Waals surface area contributed by atoms with Gasteiger partial charge in [0, 0.05) is 60.3 Å². The number of aliphatic hydroxyl groups excluding tert-OH is 1. The number of nitrogens with zero attached hydrogens (tertiary/aromatic N) is 4. The second kappa shape index (κ2) is 26.1. The van der Waals surface area contributed by atoms with Gasteiger partial charge in [0.25, 0.3) is 29.5 Å². The number of alkyl halides is 6. The van der Waals surface area contributed by atoms with E-state index in [4.69, 9.17) is 4.74 Å². The maximum Gasteiger partial charge on any atom is 0.399 e. The summed E-state index contributed by atoms with van der Waals surface area (Å²) < 4.78 is 98.7. The number of ether oxygens (including phenoxy) is 1. The number of hydrogen-bond acceptors (Lipinski definition) is 11. The molecule has 1 aliphatic heterocycles. The van der Waals surface area contributed by atoms with Gasteiger partial charge in [0.2, 0.25) is 6.41 Å². The molecule has 7 rings (SSSR count). The van der Waals surface area contributed by atoms with Crippen molar-refractivity contribution in [1.29, 1.82) is 0 Å². The molecular formula is C72H76F6N4O11. The molecule has 0 radical (unpaired) electrons. The first-order valence-electron chi connectivity index (χ1n) is 29.9. The van der Waals surface area contributed by atoms with Crippen LogP contribution in [0.3, 0.4) is 0 Å². The molecule has 0 fully saturated rings. The highest BCUT2D eigenvalue weighted by atomic mass is 19.4. The van der Waals surface area contributed by atoms with E-state index >= 15 is 31.1 Å². The Labute approximate surface area is 536 Å². The molecule has 1 aliphatic rings. The van der Waals surface area contributed by atoms with E-state index in [1.807, 2.05) is 20.8 Å². The van der Waals surface area contributed by atoms with Gasteiger partial charge in [-0.2, -0.15) is 26.3 Å². The van der Waals surface area contributed by atoms with E-state index in [0.717, 1.165) is 70.5 Å². The van der Waals surface area contributed by atoms with Crippen molar-refractivity contribution in [3.05, 3.63) is 197 Å². The number of imide groups is 2. The van der Waals surface area contributed by atoms with Gasteiger partial charge in [0.15, 0.2) is 12.6 Å². The molecule has 6 amide bonds. The van der Waals surface area contributed by atoms with Crippen LogP contribution in [0.1, 0.15) is 226 Å². The molecule has 0 saturated carbocycles. The van der Waals surface area contributed by atoms with Crippen LogP contribution in [-0.2, 0) is 20.4 Å². The number of halogens is 6. The standard InChI is InChI=1S/C72H76F6N4O11/c1-39-18-19-43(58(71(73,74)75)44-20-22-47(36-84)54(32-44)61(87)79(15)68(8,9)10)31-53(39)63(89)81(38-86)60-41(3)28-40(2)57(42(60)4)69(11,12)70(13,14)80(16)62(88)55-33-45(21-23-48(55)37-85)59(72(76,77)78)46-24-25-52-56(34-46)65(91)82(64(52)90)51-30-49(66(92)93-27-17-26-83)29-50(35-51)67(5,6)7/h18-25,28-38,58-59,83H,17,26-27H2,1-16H3. The molecule has 0 spiro atoms. The molecule has 6 aromatic rings. The van der Waals surface area contributed by atoms with Crippen LogP contribution in [0.15, 0.2) is 97.1 Å². The number of aldehydes is 2. The Morgan fingerprint density at radius 3 is 1.54 bits per heavy atom. The zero-order chi connectivity index (χ0) is 69.7. The Kier molecular flexibility index (Phi) is 20.0. The molecule has 1 heterocycles. The highest BCUT2D eigenvalue weighted by Crippen LogP contribution is 2.48. The molecule has 0 aliphatic carbocycles. The number of rotatable bonds is 19. The summed E-state index contributed by atoms with van der Waals surface area (Å²) in [5.74, 6) is -10.2. The third kappa shape index (κ3) is 13.7. The number of likely N-dealkylation sites (N-methyl/N-ethyl adjacent to an activating group) is 1. The number of esters is 1. The van der Waals surface area contributed by atoms with Gasteiger partial charge in [-0.05, 0) is 172 Å². The molecular weight excluding hydrogens is 1210 g/mol. The van der Waals surface area contributed by atoms with Crippen LogP contribution in [-0.4, -0.2) is 120 Å². The molecule has 2 unspecified atom stereocenters. The zero-order valence-electron chi connectivity index (χ0n) is 54.8. The van der Waals surface area contributed by atoms with Crippen LogP contribution in [0.4, 0.5) is 37.7 Å². The van der Waals surface area contributed by atoms with E-state index in [0.29, 0.717) is 40.4 Å². The third-order valence-corrected chi connectivity index (χ3v) is 18.2. The maximum atomic E-state index is 15.7. The van der Waals surface area contributed by atoms with Crippen molar-refractivity contribution >= 4 is 65.9 Å². The Morgan fingerprint density at radius 2 is 1.05 bits per heavy atom. The highest BCUT2D eigenvalue weighted by molar-refractivity contribution is 6.34. The Hall–Kier alpha value is -9.11. The lowest BCUT2D eigenvalue weighted by Crippen LogP contribution is -2.57. The first kappa shape index (κ1) is 71.3. The molecule has 1 N–H and O–H groups in total. The zero-order valence-corrected chi connectivity index (χ0v) is 54.8. The van der Waals surface area contributed by atoms with Crippen molar-refractivity contribution in [3.8, 4) is 0 Å². The molecule has 492 valence electrons. The van der Waals surface area contributed by atoms with Gasteiger partial charge in [0.05, 0.1) is 45.8 Å². The number of carbonyl (C=O) groups is 9. The SMILES string of the molecule is Cc1ccc(C(c2ccc(C=O)c(C(=O)N(C)C(C)(C)C)c2)C(F)(F)F)cc1C(=O)N(C=O)c1c(C)cc(C)c(C(C)(C)C(C)(C)N(C)C(=O)c2cc(C(c3ccc4c(c3)C(=O)N(c3cc(C(=O)OCCCO)cc(C(C)(C)C)c3)C4=O)C(F)(F)F)ccc2C=O)c1C. The van der Waals surface area contributed by atoms with Gasteiger partial charge < -0.3 is 19.6 Å². The first-order valence-corrected chi connectivity index (χ1v) is 29.9. The minimum Gasteiger partial charge on any atom is -0.462 e. The number of amides is 6. The van der Waals surface area contributed by atoms with Crippen LogP contribution < -0.4 is 9.80 Å². The fraction of sp³-hybridized carbons (Fsp3) is 0.375. The third-order valence-electron chi connectivity index (χ3n) is 18.2. The van der Waals surface area contributed by atoms with Gasteiger partial charge >= 0.3 is 18.3 Å². The van der Waals surface area contributed by atoms with E-state index in [1.54, 1.807) is 75.3 Å². The summed E-state index contributed by atoms with van der Waals surface area (Å²) in [4.78, 5) is 128. The normalized spacial score (nSPS) is 13.7. The molecule has 93 heavy (non-hydrogen) atoms. The van der Waals surface area contributed by atoms with E-state index < -0.39 is 109 Å². The van der Waals surface area contributed by atoms with Crippen molar-refractivity contribution in [1.82, 2.24) is 9.80 Å². The molecule has 0 saturated heterocycles. The van der Waals surface area contributed by atoms with Gasteiger partial charge in [-0.15, -0.1) is 0 Å². The molecule has 0 aromatic heterocycles. The van der Waals surface area contributed by atoms with Crippen molar-refractivity contribution in [2.45, 2.75) is 149 Å². The van der Waals surface area contributed by atoms with Gasteiger partial charge in [-0.3, -0.25) is 38.4 Å². The average molecular weight is 1290 g/mol. The molecule has 2 atom stereocenters. The highest BCUT2D eigenvalue weighted by Gasteiger charge is 2.49. The predicted molar refractivity (Wildman–Crippen MR) is 340 cm³/mol. The Morgan fingerprint density at radius 1 is 0.570 bits per heavy atom. The second-order valence-electron chi connectivity index (χ2n) is 26.7. The van der Waals surface area contributed by atoms with Crippen LogP contribution in [0.25, 0.3) is 0 Å². The summed E-state index contributed by atoms with van der Waals surface area (Å²) in [5, 5.41) is 9.21. The monoisotopic (exact) mass is 1290 g/mol. The Balaban J connectivity index is 1.24. The average Bonchev–Trinajstić information content (AvgIpc) is 1.35. The van der Waals surface area contributed by atoms with Crippen LogP contribution in [0.5, 0.6) is 0 Å². The fourth-order valence-electron chi connectivity index (χ4n) is 12.0. The molecule has 6 aromatic carbocycles. The summed E-state index contributed by atoms with van der Waals surface area (Å²) in [5.41, 5.74) is -5.14. The van der Waals surface area contributed by atoms with E-state index in [1.165, 1.54) is 61.2 Å². The van der Waals surface area contributed by atoms with Crippen molar-refractivity contribution in [2.75, 3.05) is 37.1 Å². The minimum atomic E-state index is -5.11. The summed E-state index contributed by atoms with van der Waals surface area (Å²) in [6.07, 6.45) is -9.03. The van der Waals surface area contributed by atoms with E-state index in [9.17, 15) is 43.5 Å². The summed E-state index contributed by atoms with van der Waals surface area (Å²) in [6, 6.07) is 18.9. The number of aryl methyl sites for hydroxylation is 3. The van der Waals surface area contributed by atoms with Crippen LogP contribution in [0, 0.1) is 27.7 Å². The number of fused-ring (bicyclic) bond motifs is 1. The minimum absolute atomic E-state index is 0.0164. The molecule has 0 bridgehead atoms. The smallest absolute Gasteiger partial charge is 0.399 e. The summed E-state index contributed by atoms with van der Waals surface area (Å²) in [6.45, 7) is 23.6. The number of aliphatic hydroxyl groups is 1. The number of carbonyl (C=O) groups excluding carboxylic acids is 9. The van der Waals surface area contributed by atoms with Crippen molar-refractivity contribution < 1.29 is 79.3 Å². The largest absolute Gasteiger partial charge is 0.462 e. The van der Waals surface area contributed by atoms with Gasteiger partial charge in [0.1, 0.15) is 11.8 Å². The van der Waals surface area contributed by atoms with E-state index in [-0.39, 0.29) is 81.9 Å². The number of benzene rings is 6. The van der Waals surface area contributed by atoms with Crippen molar-refractivity contribution in [2.24, 2.45) is 0 Å².